The Morgan fingerprint density at radius 1 is 1.06 bits per heavy atom. The van der Waals surface area contributed by atoms with E-state index >= 15 is 0 Å². The van der Waals surface area contributed by atoms with Gasteiger partial charge in [-0.05, 0) is 68.7 Å². The highest BCUT2D eigenvalue weighted by molar-refractivity contribution is 7.98. The largest absolute Gasteiger partial charge is 0.457 e. The number of nitrogens with one attached hydrogen (secondary N) is 2. The third-order valence-electron chi connectivity index (χ3n) is 7.10. The number of carbonyl (C=O) groups excluding carboxylic acids is 4. The van der Waals surface area contributed by atoms with E-state index in [9.17, 15) is 19.2 Å². The lowest BCUT2D eigenvalue weighted by molar-refractivity contribution is -0.174. The summed E-state index contributed by atoms with van der Waals surface area (Å²) in [6.45, 7) is 2.61. The van der Waals surface area contributed by atoms with Crippen LogP contribution in [0, 0.1) is 17.3 Å². The SMILES string of the molecule is CSc1ccc(C(=O)COC(=O)C23C[C@H]4C[C@@H](CC(NC(C)=O)(C4)C2)C3)cc1NC(C)=O. The van der Waals surface area contributed by atoms with Gasteiger partial charge in [0, 0.05) is 29.8 Å². The molecule has 2 N–H and O–H groups in total. The summed E-state index contributed by atoms with van der Waals surface area (Å²) in [5.74, 6) is -0.0896. The van der Waals surface area contributed by atoms with E-state index in [-0.39, 0.29) is 35.7 Å². The normalized spacial score (nSPS) is 30.0. The van der Waals surface area contributed by atoms with Crippen LogP contribution in [-0.4, -0.2) is 42.0 Å². The van der Waals surface area contributed by atoms with Gasteiger partial charge in [-0.2, -0.15) is 0 Å². The van der Waals surface area contributed by atoms with Gasteiger partial charge in [-0.15, -0.1) is 11.8 Å². The Bertz CT molecular complexity index is 961. The molecule has 4 saturated carbocycles. The fourth-order valence-corrected chi connectivity index (χ4v) is 7.09. The van der Waals surface area contributed by atoms with Gasteiger partial charge in [0.1, 0.15) is 0 Å². The van der Waals surface area contributed by atoms with Crippen LogP contribution in [0.4, 0.5) is 5.69 Å². The molecule has 1 aromatic carbocycles. The third-order valence-corrected chi connectivity index (χ3v) is 7.90. The quantitative estimate of drug-likeness (QED) is 0.368. The minimum Gasteiger partial charge on any atom is -0.457 e. The molecule has 0 aromatic heterocycles. The zero-order valence-corrected chi connectivity index (χ0v) is 19.6. The summed E-state index contributed by atoms with van der Waals surface area (Å²) in [6.07, 6.45) is 6.97. The first-order chi connectivity index (χ1) is 15.1. The number of ether oxygens (including phenoxy) is 1. The third kappa shape index (κ3) is 4.42. The minimum atomic E-state index is -0.614. The van der Waals surface area contributed by atoms with E-state index in [1.54, 1.807) is 18.2 Å². The number of carbonyl (C=O) groups is 4. The summed E-state index contributed by atoms with van der Waals surface area (Å²) >= 11 is 1.47. The predicted octanol–water partition coefficient (Wildman–Crippen LogP) is 3.57. The van der Waals surface area contributed by atoms with Gasteiger partial charge in [0.25, 0.3) is 0 Å². The van der Waals surface area contributed by atoms with Crippen molar-refractivity contribution in [1.29, 1.82) is 0 Å². The molecule has 2 amide bonds. The number of amides is 2. The molecule has 172 valence electrons. The maximum absolute atomic E-state index is 13.2. The van der Waals surface area contributed by atoms with Crippen molar-refractivity contribution in [3.05, 3.63) is 23.8 Å². The van der Waals surface area contributed by atoms with E-state index in [0.29, 0.717) is 29.5 Å². The standard InChI is InChI=1S/C24H30N2O5S/c1-14(27)25-19-7-18(4-5-21(19)32-3)20(29)12-31-22(30)23-8-16-6-17(9-23)11-24(10-16,13-23)26-15(2)28/h4-5,7,16-17H,6,8-13H2,1-3H3,(H,25,27)(H,26,28)/t16-,17-,23?,24?/m1/s1. The Hall–Kier alpha value is -2.35. The van der Waals surface area contributed by atoms with Crippen molar-refractivity contribution in [2.24, 2.45) is 17.3 Å². The first kappa shape index (κ1) is 22.8. The summed E-state index contributed by atoms with van der Waals surface area (Å²) in [5, 5.41) is 5.88. The van der Waals surface area contributed by atoms with Crippen LogP contribution in [0.3, 0.4) is 0 Å². The molecule has 0 aliphatic heterocycles. The van der Waals surface area contributed by atoms with E-state index in [1.165, 1.54) is 25.6 Å². The molecular formula is C24H30N2O5S. The molecule has 0 heterocycles. The molecule has 0 radical (unpaired) electrons. The lowest BCUT2D eigenvalue weighted by atomic mass is 9.47. The molecule has 2 atom stereocenters. The Morgan fingerprint density at radius 3 is 2.34 bits per heavy atom. The van der Waals surface area contributed by atoms with Crippen LogP contribution in [0.2, 0.25) is 0 Å². The van der Waals surface area contributed by atoms with Gasteiger partial charge in [0.05, 0.1) is 11.1 Å². The number of rotatable bonds is 7. The van der Waals surface area contributed by atoms with Crippen molar-refractivity contribution in [2.45, 2.75) is 62.8 Å². The molecule has 0 spiro atoms. The number of hydrogen-bond acceptors (Lipinski definition) is 6. The second kappa shape index (κ2) is 8.54. The highest BCUT2D eigenvalue weighted by Gasteiger charge is 2.61. The van der Waals surface area contributed by atoms with E-state index < -0.39 is 5.41 Å². The number of ketones is 1. The number of benzene rings is 1. The first-order valence-corrected chi connectivity index (χ1v) is 12.3. The maximum Gasteiger partial charge on any atom is 0.312 e. The molecule has 5 rings (SSSR count). The van der Waals surface area contributed by atoms with Gasteiger partial charge >= 0.3 is 5.97 Å². The molecular weight excluding hydrogens is 428 g/mol. The van der Waals surface area contributed by atoms with Crippen molar-refractivity contribution >= 4 is 41.0 Å². The van der Waals surface area contributed by atoms with Crippen LogP contribution in [-0.2, 0) is 19.1 Å². The Kier molecular flexibility index (Phi) is 6.09. The molecule has 1 aromatic rings. The topological polar surface area (TPSA) is 102 Å². The summed E-state index contributed by atoms with van der Waals surface area (Å²) in [5.41, 5.74) is 0.0246. The van der Waals surface area contributed by atoms with Crippen LogP contribution >= 0.6 is 11.8 Å². The average molecular weight is 459 g/mol. The maximum atomic E-state index is 13.2. The van der Waals surface area contributed by atoms with Gasteiger partial charge in [0.2, 0.25) is 11.8 Å². The fourth-order valence-electron chi connectivity index (χ4n) is 6.56. The molecule has 8 heteroatoms. The van der Waals surface area contributed by atoms with Crippen LogP contribution < -0.4 is 10.6 Å². The molecule has 32 heavy (non-hydrogen) atoms. The second-order valence-corrected chi connectivity index (χ2v) is 10.6. The van der Waals surface area contributed by atoms with Crippen LogP contribution in [0.25, 0.3) is 0 Å². The van der Waals surface area contributed by atoms with Crippen molar-refractivity contribution in [3.8, 4) is 0 Å². The van der Waals surface area contributed by atoms with E-state index in [4.69, 9.17) is 4.74 Å². The Labute approximate surface area is 192 Å². The summed E-state index contributed by atoms with van der Waals surface area (Å²) in [6, 6.07) is 5.09. The molecule has 0 saturated heterocycles. The van der Waals surface area contributed by atoms with Crippen molar-refractivity contribution < 1.29 is 23.9 Å². The lowest BCUT2D eigenvalue weighted by Crippen LogP contribution is -2.64. The fraction of sp³-hybridized carbons (Fsp3) is 0.583. The number of Topliss-reactive ketones (excluding diaryl/α,β-unsaturated/α-hetero) is 1. The summed E-state index contributed by atoms with van der Waals surface area (Å²) in [7, 11) is 0. The minimum absolute atomic E-state index is 0.0608. The number of anilines is 1. The first-order valence-electron chi connectivity index (χ1n) is 11.1. The zero-order chi connectivity index (χ0) is 23.1. The van der Waals surface area contributed by atoms with Gasteiger partial charge < -0.3 is 15.4 Å². The van der Waals surface area contributed by atoms with Crippen molar-refractivity contribution in [1.82, 2.24) is 5.32 Å². The monoisotopic (exact) mass is 458 g/mol. The molecule has 4 bridgehead atoms. The molecule has 4 aliphatic carbocycles. The molecule has 0 unspecified atom stereocenters. The van der Waals surface area contributed by atoms with Gasteiger partial charge in [0.15, 0.2) is 12.4 Å². The Morgan fingerprint density at radius 2 is 1.75 bits per heavy atom. The van der Waals surface area contributed by atoms with Gasteiger partial charge in [-0.1, -0.05) is 6.07 Å². The zero-order valence-electron chi connectivity index (χ0n) is 18.8. The van der Waals surface area contributed by atoms with E-state index in [1.807, 2.05) is 6.26 Å². The lowest BCUT2D eigenvalue weighted by Gasteiger charge is -2.60. The van der Waals surface area contributed by atoms with Crippen LogP contribution in [0.15, 0.2) is 23.1 Å². The molecule has 7 nitrogen and oxygen atoms in total. The second-order valence-electron chi connectivity index (χ2n) is 9.80. The van der Waals surface area contributed by atoms with Crippen molar-refractivity contribution in [3.63, 3.8) is 0 Å². The number of esters is 1. The summed E-state index contributed by atoms with van der Waals surface area (Å²) < 4.78 is 5.58. The smallest absolute Gasteiger partial charge is 0.312 e. The Balaban J connectivity index is 1.45. The highest BCUT2D eigenvalue weighted by Crippen LogP contribution is 2.62. The van der Waals surface area contributed by atoms with E-state index in [2.05, 4.69) is 10.6 Å². The molecule has 4 fully saturated rings. The van der Waals surface area contributed by atoms with E-state index in [0.717, 1.165) is 37.0 Å². The number of hydrogen-bond donors (Lipinski definition) is 2. The van der Waals surface area contributed by atoms with Crippen LogP contribution in [0.1, 0.15) is 62.7 Å². The molecule has 4 aliphatic rings. The van der Waals surface area contributed by atoms with Gasteiger partial charge in [-0.25, -0.2) is 0 Å². The average Bonchev–Trinajstić information content (AvgIpc) is 2.69. The number of thioether (sulfide) groups is 1. The summed E-state index contributed by atoms with van der Waals surface area (Å²) in [4.78, 5) is 50.1. The predicted molar refractivity (Wildman–Crippen MR) is 121 cm³/mol. The van der Waals surface area contributed by atoms with Crippen LogP contribution in [0.5, 0.6) is 0 Å². The van der Waals surface area contributed by atoms with Gasteiger partial charge in [-0.3, -0.25) is 19.2 Å². The van der Waals surface area contributed by atoms with Crippen molar-refractivity contribution in [2.75, 3.05) is 18.2 Å². The highest BCUT2D eigenvalue weighted by atomic mass is 32.2.